The van der Waals surface area contributed by atoms with Crippen molar-refractivity contribution >= 4 is 0 Å². The fourth-order valence-electron chi connectivity index (χ4n) is 1.32. The Balaban J connectivity index is 2.48. The molecule has 0 aliphatic heterocycles. The third kappa shape index (κ3) is 1.64. The molecule has 0 unspecified atom stereocenters. The third-order valence-electron chi connectivity index (χ3n) is 2.19. The normalized spacial score (nSPS) is 10.1. The molecular formula is C12H10FN. The molecule has 0 spiro atoms. The second-order valence-corrected chi connectivity index (χ2v) is 3.20. The zero-order chi connectivity index (χ0) is 9.97. The molecule has 1 nitrogen and oxygen atoms in total. The Hall–Kier alpha value is -1.70. The monoisotopic (exact) mass is 187 g/mol. The fraction of sp³-hybridized carbons (Fsp3) is 0.0833. The first-order valence-corrected chi connectivity index (χ1v) is 4.44. The second-order valence-electron chi connectivity index (χ2n) is 3.20. The average molecular weight is 187 g/mol. The number of pyridine rings is 1. The maximum atomic E-state index is 13.2. The van der Waals surface area contributed by atoms with Gasteiger partial charge in [-0.2, -0.15) is 0 Å². The zero-order valence-electron chi connectivity index (χ0n) is 7.87. The number of rotatable bonds is 1. The van der Waals surface area contributed by atoms with Crippen LogP contribution in [0.1, 0.15) is 5.56 Å². The van der Waals surface area contributed by atoms with Crippen molar-refractivity contribution in [1.29, 1.82) is 0 Å². The van der Waals surface area contributed by atoms with Crippen molar-refractivity contribution < 1.29 is 4.39 Å². The van der Waals surface area contributed by atoms with Crippen molar-refractivity contribution in [3.63, 3.8) is 0 Å². The van der Waals surface area contributed by atoms with Crippen LogP contribution in [0, 0.1) is 12.7 Å². The highest BCUT2D eigenvalue weighted by Gasteiger charge is 2.00. The lowest BCUT2D eigenvalue weighted by Crippen LogP contribution is -1.84. The van der Waals surface area contributed by atoms with E-state index in [0.29, 0.717) is 5.56 Å². The molecule has 0 fully saturated rings. The quantitative estimate of drug-likeness (QED) is 0.668. The van der Waals surface area contributed by atoms with Gasteiger partial charge in [-0.1, -0.05) is 12.1 Å². The largest absolute Gasteiger partial charge is 0.265 e. The van der Waals surface area contributed by atoms with Gasteiger partial charge in [0, 0.05) is 12.4 Å². The molecule has 2 aromatic rings. The number of hydrogen-bond acceptors (Lipinski definition) is 1. The fourth-order valence-corrected chi connectivity index (χ4v) is 1.32. The van der Waals surface area contributed by atoms with Crippen LogP contribution < -0.4 is 0 Å². The topological polar surface area (TPSA) is 12.9 Å². The molecule has 0 aliphatic rings. The average Bonchev–Trinajstić information content (AvgIpc) is 2.23. The van der Waals surface area contributed by atoms with Gasteiger partial charge in [0.25, 0.3) is 0 Å². The van der Waals surface area contributed by atoms with Crippen LogP contribution in [0.2, 0.25) is 0 Å². The van der Waals surface area contributed by atoms with Crippen LogP contribution in [-0.2, 0) is 0 Å². The molecule has 0 radical (unpaired) electrons. The van der Waals surface area contributed by atoms with Crippen molar-refractivity contribution in [2.24, 2.45) is 0 Å². The molecule has 1 aromatic carbocycles. The predicted octanol–water partition coefficient (Wildman–Crippen LogP) is 3.20. The molecule has 1 heterocycles. The number of nitrogens with zero attached hydrogens (tertiary/aromatic N) is 1. The van der Waals surface area contributed by atoms with Gasteiger partial charge < -0.3 is 0 Å². The minimum absolute atomic E-state index is 0.167. The van der Waals surface area contributed by atoms with Crippen LogP contribution >= 0.6 is 0 Å². The molecule has 14 heavy (non-hydrogen) atoms. The van der Waals surface area contributed by atoms with Gasteiger partial charge in [-0.05, 0) is 41.8 Å². The lowest BCUT2D eigenvalue weighted by Gasteiger charge is -2.02. The Morgan fingerprint density at radius 1 is 1.00 bits per heavy atom. The summed E-state index contributed by atoms with van der Waals surface area (Å²) < 4.78 is 13.2. The van der Waals surface area contributed by atoms with Gasteiger partial charge in [-0.3, -0.25) is 4.98 Å². The first kappa shape index (κ1) is 8.88. The van der Waals surface area contributed by atoms with Crippen LogP contribution in [0.15, 0.2) is 42.7 Å². The highest BCUT2D eigenvalue weighted by atomic mass is 19.1. The van der Waals surface area contributed by atoms with Gasteiger partial charge in [0.05, 0.1) is 0 Å². The molecule has 0 aliphatic carbocycles. The second kappa shape index (κ2) is 3.58. The van der Waals surface area contributed by atoms with E-state index in [-0.39, 0.29) is 5.82 Å². The highest BCUT2D eigenvalue weighted by Crippen LogP contribution is 2.20. The number of benzene rings is 1. The SMILES string of the molecule is Cc1ccc(-c2ccncc2)cc1F. The van der Waals surface area contributed by atoms with Gasteiger partial charge in [0.2, 0.25) is 0 Å². The number of aromatic nitrogens is 1. The van der Waals surface area contributed by atoms with E-state index in [1.54, 1.807) is 31.5 Å². The van der Waals surface area contributed by atoms with E-state index in [9.17, 15) is 4.39 Å². The highest BCUT2D eigenvalue weighted by molar-refractivity contribution is 5.63. The Bertz CT molecular complexity index is 437. The van der Waals surface area contributed by atoms with Crippen LogP contribution in [0.25, 0.3) is 11.1 Å². The maximum absolute atomic E-state index is 13.2. The Morgan fingerprint density at radius 2 is 1.71 bits per heavy atom. The van der Waals surface area contributed by atoms with Crippen LogP contribution in [0.3, 0.4) is 0 Å². The molecule has 2 heteroatoms. The zero-order valence-corrected chi connectivity index (χ0v) is 7.87. The predicted molar refractivity (Wildman–Crippen MR) is 54.4 cm³/mol. The summed E-state index contributed by atoms with van der Waals surface area (Å²) in [6, 6.07) is 8.97. The van der Waals surface area contributed by atoms with Crippen molar-refractivity contribution in [3.8, 4) is 11.1 Å². The maximum Gasteiger partial charge on any atom is 0.126 e. The number of halogens is 1. The molecule has 2 rings (SSSR count). The molecule has 70 valence electrons. The molecular weight excluding hydrogens is 177 g/mol. The third-order valence-corrected chi connectivity index (χ3v) is 2.19. The van der Waals surface area contributed by atoms with Crippen LogP contribution in [0.5, 0.6) is 0 Å². The molecule has 0 atom stereocenters. The molecule has 0 saturated heterocycles. The molecule has 1 aromatic heterocycles. The summed E-state index contributed by atoms with van der Waals surface area (Å²) >= 11 is 0. The van der Waals surface area contributed by atoms with E-state index in [1.807, 2.05) is 18.2 Å². The summed E-state index contributed by atoms with van der Waals surface area (Å²) in [4.78, 5) is 3.92. The van der Waals surface area contributed by atoms with Crippen molar-refractivity contribution in [2.45, 2.75) is 6.92 Å². The lowest BCUT2D eigenvalue weighted by molar-refractivity contribution is 0.619. The van der Waals surface area contributed by atoms with E-state index in [2.05, 4.69) is 4.98 Å². The van der Waals surface area contributed by atoms with E-state index in [1.165, 1.54) is 0 Å². The molecule has 0 amide bonds. The van der Waals surface area contributed by atoms with Gasteiger partial charge in [-0.25, -0.2) is 4.39 Å². The first-order chi connectivity index (χ1) is 6.77. The summed E-state index contributed by atoms with van der Waals surface area (Å²) in [5, 5.41) is 0. The van der Waals surface area contributed by atoms with Gasteiger partial charge >= 0.3 is 0 Å². The van der Waals surface area contributed by atoms with E-state index in [0.717, 1.165) is 11.1 Å². The van der Waals surface area contributed by atoms with Gasteiger partial charge in [0.15, 0.2) is 0 Å². The summed E-state index contributed by atoms with van der Waals surface area (Å²) in [7, 11) is 0. The Kier molecular flexibility index (Phi) is 2.27. The molecule has 0 saturated carbocycles. The summed E-state index contributed by atoms with van der Waals surface area (Å²) in [5.74, 6) is -0.167. The smallest absolute Gasteiger partial charge is 0.126 e. The van der Waals surface area contributed by atoms with Crippen LogP contribution in [0.4, 0.5) is 4.39 Å². The van der Waals surface area contributed by atoms with Crippen molar-refractivity contribution in [3.05, 3.63) is 54.1 Å². The van der Waals surface area contributed by atoms with Crippen molar-refractivity contribution in [2.75, 3.05) is 0 Å². The minimum atomic E-state index is -0.167. The summed E-state index contributed by atoms with van der Waals surface area (Å²) in [6.07, 6.45) is 3.40. The number of hydrogen-bond donors (Lipinski definition) is 0. The van der Waals surface area contributed by atoms with Gasteiger partial charge in [0.1, 0.15) is 5.82 Å². The van der Waals surface area contributed by atoms with E-state index < -0.39 is 0 Å². The first-order valence-electron chi connectivity index (χ1n) is 4.44. The van der Waals surface area contributed by atoms with Crippen LogP contribution in [-0.4, -0.2) is 4.98 Å². The number of aryl methyl sites for hydroxylation is 1. The van der Waals surface area contributed by atoms with E-state index in [4.69, 9.17) is 0 Å². The van der Waals surface area contributed by atoms with Gasteiger partial charge in [-0.15, -0.1) is 0 Å². The van der Waals surface area contributed by atoms with Crippen molar-refractivity contribution in [1.82, 2.24) is 4.98 Å². The Morgan fingerprint density at radius 3 is 2.36 bits per heavy atom. The molecule has 0 bridgehead atoms. The minimum Gasteiger partial charge on any atom is -0.265 e. The summed E-state index contributed by atoms with van der Waals surface area (Å²) in [5.41, 5.74) is 2.54. The molecule has 0 N–H and O–H groups in total. The lowest BCUT2D eigenvalue weighted by atomic mass is 10.1. The Labute approximate surface area is 82.2 Å². The standard InChI is InChI=1S/C12H10FN/c1-9-2-3-11(8-12(9)13)10-4-6-14-7-5-10/h2-8H,1H3. The summed E-state index contributed by atoms with van der Waals surface area (Å²) in [6.45, 7) is 1.76. The van der Waals surface area contributed by atoms with E-state index >= 15 is 0 Å².